The third-order valence-electron chi connectivity index (χ3n) is 6.27. The number of halogens is 1. The van der Waals surface area contributed by atoms with Crippen LogP contribution in [0.4, 0.5) is 0 Å². The van der Waals surface area contributed by atoms with Crippen molar-refractivity contribution in [2.75, 3.05) is 20.6 Å². The molecule has 4 heteroatoms. The van der Waals surface area contributed by atoms with Gasteiger partial charge in [-0.2, -0.15) is 0 Å². The van der Waals surface area contributed by atoms with Crippen LogP contribution in [0.5, 0.6) is 0 Å². The van der Waals surface area contributed by atoms with Crippen LogP contribution in [-0.2, 0) is 4.74 Å². The number of hydrogen-bond acceptors (Lipinski definition) is 2. The summed E-state index contributed by atoms with van der Waals surface area (Å²) >= 11 is 0. The van der Waals surface area contributed by atoms with Gasteiger partial charge in [-0.15, -0.1) is 0 Å². The highest BCUT2D eigenvalue weighted by Crippen LogP contribution is 2.18. The van der Waals surface area contributed by atoms with Gasteiger partial charge in [0, 0.05) is 6.42 Å². The Morgan fingerprint density at radius 3 is 1.41 bits per heavy atom. The highest BCUT2D eigenvalue weighted by atomic mass is 35.5. The molecule has 0 aromatic carbocycles. The quantitative estimate of drug-likeness (QED) is 0.177. The largest absolute Gasteiger partial charge is 1.00 e. The SMILES string of the molecule is CCCCCCCCCCCCCCCC[N+](C)(C)C(CC)OC(C)C(C)O.[Cl-]. The fraction of sp³-hybridized carbons (Fsp3) is 1.00. The van der Waals surface area contributed by atoms with Gasteiger partial charge in [0.2, 0.25) is 0 Å². The van der Waals surface area contributed by atoms with E-state index in [9.17, 15) is 5.11 Å². The number of quaternary nitrogens is 1. The lowest BCUT2D eigenvalue weighted by atomic mass is 10.0. The Hall–Kier alpha value is 0.170. The zero-order chi connectivity index (χ0) is 21.3. The fourth-order valence-electron chi connectivity index (χ4n) is 3.97. The molecule has 3 unspecified atom stereocenters. The molecular formula is C25H54ClNO2. The molecule has 0 aromatic rings. The van der Waals surface area contributed by atoms with Gasteiger partial charge in [0.25, 0.3) is 0 Å². The molecule has 0 spiro atoms. The fourth-order valence-corrected chi connectivity index (χ4v) is 3.97. The van der Waals surface area contributed by atoms with E-state index >= 15 is 0 Å². The van der Waals surface area contributed by atoms with Crippen LogP contribution in [0.1, 0.15) is 124 Å². The van der Waals surface area contributed by atoms with Crippen molar-refractivity contribution in [3.05, 3.63) is 0 Å². The lowest BCUT2D eigenvalue weighted by Crippen LogP contribution is -3.00. The molecule has 0 rings (SSSR count). The monoisotopic (exact) mass is 435 g/mol. The van der Waals surface area contributed by atoms with Crippen LogP contribution in [0.15, 0.2) is 0 Å². The molecule has 0 heterocycles. The van der Waals surface area contributed by atoms with Crippen molar-refractivity contribution in [3.63, 3.8) is 0 Å². The first-order chi connectivity index (χ1) is 13.3. The second kappa shape index (κ2) is 20.1. The Morgan fingerprint density at radius 2 is 1.07 bits per heavy atom. The third kappa shape index (κ3) is 17.5. The summed E-state index contributed by atoms with van der Waals surface area (Å²) in [5.74, 6) is 0. The average molecular weight is 436 g/mol. The Labute approximate surface area is 190 Å². The van der Waals surface area contributed by atoms with E-state index in [0.717, 1.165) is 17.4 Å². The minimum Gasteiger partial charge on any atom is -1.00 e. The van der Waals surface area contributed by atoms with Crippen molar-refractivity contribution in [2.45, 2.75) is 142 Å². The van der Waals surface area contributed by atoms with Crippen LogP contribution in [0.25, 0.3) is 0 Å². The molecule has 0 saturated carbocycles. The number of unbranched alkanes of at least 4 members (excludes halogenated alkanes) is 13. The van der Waals surface area contributed by atoms with Crippen molar-refractivity contribution in [1.29, 1.82) is 0 Å². The smallest absolute Gasteiger partial charge is 0.192 e. The van der Waals surface area contributed by atoms with E-state index in [1.54, 1.807) is 0 Å². The summed E-state index contributed by atoms with van der Waals surface area (Å²) in [5, 5.41) is 9.71. The molecule has 0 aliphatic heterocycles. The molecule has 0 aliphatic rings. The van der Waals surface area contributed by atoms with Crippen molar-refractivity contribution in [1.82, 2.24) is 0 Å². The van der Waals surface area contributed by atoms with Crippen LogP contribution in [0.3, 0.4) is 0 Å². The highest BCUT2D eigenvalue weighted by molar-refractivity contribution is 4.59. The number of hydrogen-bond donors (Lipinski definition) is 1. The van der Waals surface area contributed by atoms with E-state index < -0.39 is 6.10 Å². The molecule has 0 saturated heterocycles. The normalized spacial score (nSPS) is 15.0. The van der Waals surface area contributed by atoms with Gasteiger partial charge in [-0.3, -0.25) is 0 Å². The van der Waals surface area contributed by atoms with Gasteiger partial charge in [-0.1, -0.05) is 90.9 Å². The van der Waals surface area contributed by atoms with E-state index in [1.165, 1.54) is 89.9 Å². The predicted molar refractivity (Wildman–Crippen MR) is 124 cm³/mol. The van der Waals surface area contributed by atoms with Crippen LogP contribution in [0.2, 0.25) is 0 Å². The summed E-state index contributed by atoms with van der Waals surface area (Å²) in [6.07, 6.45) is 20.3. The molecule has 178 valence electrons. The number of nitrogens with zero attached hydrogens (tertiary/aromatic N) is 1. The van der Waals surface area contributed by atoms with Crippen molar-refractivity contribution in [3.8, 4) is 0 Å². The zero-order valence-electron chi connectivity index (χ0n) is 20.7. The Morgan fingerprint density at radius 1 is 0.690 bits per heavy atom. The molecule has 0 fully saturated rings. The van der Waals surface area contributed by atoms with Gasteiger partial charge >= 0.3 is 0 Å². The minimum absolute atomic E-state index is 0. The predicted octanol–water partition coefficient (Wildman–Crippen LogP) is 4.07. The molecule has 3 atom stereocenters. The van der Waals surface area contributed by atoms with Gasteiger partial charge in [0.15, 0.2) is 6.23 Å². The lowest BCUT2D eigenvalue weighted by Gasteiger charge is -2.39. The van der Waals surface area contributed by atoms with Crippen LogP contribution >= 0.6 is 0 Å². The maximum absolute atomic E-state index is 9.71. The van der Waals surface area contributed by atoms with Crippen LogP contribution in [0, 0.1) is 0 Å². The Balaban J connectivity index is 0. The maximum atomic E-state index is 9.71. The molecule has 0 amide bonds. The molecule has 0 aromatic heterocycles. The summed E-state index contributed by atoms with van der Waals surface area (Å²) in [6, 6.07) is 0. The zero-order valence-corrected chi connectivity index (χ0v) is 21.5. The molecule has 3 nitrogen and oxygen atoms in total. The number of aliphatic hydroxyl groups excluding tert-OH is 1. The maximum Gasteiger partial charge on any atom is 0.192 e. The molecule has 0 aliphatic carbocycles. The number of ether oxygens (including phenoxy) is 1. The highest BCUT2D eigenvalue weighted by Gasteiger charge is 2.29. The minimum atomic E-state index is -0.407. The summed E-state index contributed by atoms with van der Waals surface area (Å²) in [6.45, 7) is 9.41. The topological polar surface area (TPSA) is 29.5 Å². The first kappa shape index (κ1) is 31.4. The molecule has 29 heavy (non-hydrogen) atoms. The van der Waals surface area contributed by atoms with Crippen LogP contribution in [-0.4, -0.2) is 48.7 Å². The third-order valence-corrected chi connectivity index (χ3v) is 6.27. The summed E-state index contributed by atoms with van der Waals surface area (Å²) in [7, 11) is 4.54. The van der Waals surface area contributed by atoms with E-state index in [-0.39, 0.29) is 24.7 Å². The first-order valence-corrected chi connectivity index (χ1v) is 12.5. The summed E-state index contributed by atoms with van der Waals surface area (Å²) in [4.78, 5) is 0. The number of aliphatic hydroxyl groups is 1. The van der Waals surface area contributed by atoms with Crippen LogP contribution < -0.4 is 12.4 Å². The summed E-state index contributed by atoms with van der Waals surface area (Å²) < 4.78 is 7.01. The lowest BCUT2D eigenvalue weighted by molar-refractivity contribution is -0.939. The van der Waals surface area contributed by atoms with E-state index in [2.05, 4.69) is 27.9 Å². The van der Waals surface area contributed by atoms with Gasteiger partial charge in [0.05, 0.1) is 32.8 Å². The average Bonchev–Trinajstić information content (AvgIpc) is 2.65. The Kier molecular flexibility index (Phi) is 21.7. The molecule has 1 N–H and O–H groups in total. The van der Waals surface area contributed by atoms with Crippen molar-refractivity contribution < 1.29 is 26.7 Å². The van der Waals surface area contributed by atoms with Crippen molar-refractivity contribution in [2.24, 2.45) is 0 Å². The van der Waals surface area contributed by atoms with E-state index in [1.807, 2.05) is 13.8 Å². The van der Waals surface area contributed by atoms with Gasteiger partial charge in [-0.25, -0.2) is 0 Å². The van der Waals surface area contributed by atoms with E-state index in [0.29, 0.717) is 0 Å². The first-order valence-electron chi connectivity index (χ1n) is 12.5. The molecule has 0 bridgehead atoms. The summed E-state index contributed by atoms with van der Waals surface area (Å²) in [5.41, 5.74) is 0. The standard InChI is InChI=1S/C25H54NO2.ClH/c1-7-9-10-11-12-13-14-15-16-17-18-19-20-21-22-26(5,6)25(8-2)28-24(4)23(3)27;/h23-25,27H,7-22H2,1-6H3;1H/q+1;/p-1. The van der Waals surface area contributed by atoms with Crippen molar-refractivity contribution >= 4 is 0 Å². The second-order valence-electron chi connectivity index (χ2n) is 9.54. The molecule has 0 radical (unpaired) electrons. The molecular weight excluding hydrogens is 382 g/mol. The second-order valence-corrected chi connectivity index (χ2v) is 9.54. The Bertz CT molecular complexity index is 337. The van der Waals surface area contributed by atoms with Gasteiger partial charge < -0.3 is 26.7 Å². The van der Waals surface area contributed by atoms with E-state index in [4.69, 9.17) is 4.74 Å². The van der Waals surface area contributed by atoms with Gasteiger partial charge in [0.1, 0.15) is 0 Å². The number of rotatable bonds is 20. The van der Waals surface area contributed by atoms with Gasteiger partial charge in [-0.05, 0) is 26.7 Å².